The van der Waals surface area contributed by atoms with Crippen LogP contribution < -0.4 is 4.31 Å². The highest BCUT2D eigenvalue weighted by molar-refractivity contribution is 7.90. The molecule has 6 nitrogen and oxygen atoms in total. The smallest absolute Gasteiger partial charge is 0.322 e. The summed E-state index contributed by atoms with van der Waals surface area (Å²) in [6.07, 6.45) is 1.78. The Hall–Kier alpha value is -1.60. The molecule has 1 aromatic carbocycles. The van der Waals surface area contributed by atoms with Crippen molar-refractivity contribution in [3.05, 3.63) is 29.8 Å². The van der Waals surface area contributed by atoms with Gasteiger partial charge in [-0.1, -0.05) is 18.2 Å². The molecule has 1 aliphatic heterocycles. The van der Waals surface area contributed by atoms with Crippen LogP contribution in [0.2, 0.25) is 0 Å². The summed E-state index contributed by atoms with van der Waals surface area (Å²) in [4.78, 5) is 11.3. The zero-order valence-corrected chi connectivity index (χ0v) is 13.0. The normalized spacial score (nSPS) is 20.2. The minimum absolute atomic E-state index is 0.246. The molecule has 1 atom stereocenters. The van der Waals surface area contributed by atoms with Crippen LogP contribution in [0, 0.1) is 6.92 Å². The Bertz CT molecular complexity index is 630. The highest BCUT2D eigenvalue weighted by Gasteiger charge is 2.39. The molecular weight excluding hydrogens is 292 g/mol. The fourth-order valence-electron chi connectivity index (χ4n) is 2.63. The van der Waals surface area contributed by atoms with E-state index in [4.69, 9.17) is 0 Å². The number of aliphatic carboxylic acids is 1. The Morgan fingerprint density at radius 1 is 1.33 bits per heavy atom. The van der Waals surface area contributed by atoms with Crippen LogP contribution >= 0.6 is 0 Å². The van der Waals surface area contributed by atoms with Gasteiger partial charge in [-0.05, 0) is 37.8 Å². The van der Waals surface area contributed by atoms with Gasteiger partial charge in [0.1, 0.15) is 6.04 Å². The Labute approximate surface area is 125 Å². The summed E-state index contributed by atoms with van der Waals surface area (Å²) in [5, 5.41) is 9.25. The van der Waals surface area contributed by atoms with Crippen LogP contribution in [0.4, 0.5) is 5.69 Å². The van der Waals surface area contributed by atoms with E-state index in [1.807, 2.05) is 19.1 Å². The van der Waals surface area contributed by atoms with Crippen LogP contribution in [0.3, 0.4) is 0 Å². The molecule has 1 aromatic rings. The average molecular weight is 312 g/mol. The van der Waals surface area contributed by atoms with E-state index in [9.17, 15) is 18.3 Å². The molecule has 0 saturated carbocycles. The van der Waals surface area contributed by atoms with Crippen molar-refractivity contribution in [1.29, 1.82) is 0 Å². The topological polar surface area (TPSA) is 77.9 Å². The largest absolute Gasteiger partial charge is 0.480 e. The molecule has 0 amide bonds. The number of para-hydroxylation sites is 1. The molecular formula is C14H20N2O4S. The minimum atomic E-state index is -3.85. The highest BCUT2D eigenvalue weighted by Crippen LogP contribution is 2.27. The molecule has 21 heavy (non-hydrogen) atoms. The molecule has 7 heteroatoms. The number of hydrogen-bond acceptors (Lipinski definition) is 3. The first-order valence-electron chi connectivity index (χ1n) is 6.90. The van der Waals surface area contributed by atoms with Crippen LogP contribution in [-0.2, 0) is 15.0 Å². The summed E-state index contributed by atoms with van der Waals surface area (Å²) >= 11 is 0. The molecule has 0 aliphatic carbocycles. The van der Waals surface area contributed by atoms with E-state index in [1.54, 1.807) is 12.1 Å². The van der Waals surface area contributed by atoms with Gasteiger partial charge in [-0.15, -0.1) is 0 Å². The number of anilines is 1. The monoisotopic (exact) mass is 312 g/mol. The van der Waals surface area contributed by atoms with Gasteiger partial charge in [-0.3, -0.25) is 9.10 Å². The Morgan fingerprint density at radius 3 is 2.62 bits per heavy atom. The second kappa shape index (κ2) is 6.03. The second-order valence-corrected chi connectivity index (χ2v) is 7.13. The van der Waals surface area contributed by atoms with Gasteiger partial charge in [-0.2, -0.15) is 12.7 Å². The van der Waals surface area contributed by atoms with Crippen LogP contribution in [0.1, 0.15) is 24.8 Å². The van der Waals surface area contributed by atoms with E-state index < -0.39 is 22.2 Å². The molecule has 1 heterocycles. The van der Waals surface area contributed by atoms with Gasteiger partial charge in [0.2, 0.25) is 0 Å². The lowest BCUT2D eigenvalue weighted by Crippen LogP contribution is -2.52. The fraction of sp³-hybridized carbons (Fsp3) is 0.500. The Balaban J connectivity index is 2.36. The molecule has 0 spiro atoms. The molecule has 1 unspecified atom stereocenters. The molecule has 2 rings (SSSR count). The highest BCUT2D eigenvalue weighted by atomic mass is 32.2. The molecule has 1 saturated heterocycles. The summed E-state index contributed by atoms with van der Waals surface area (Å²) in [5.41, 5.74) is 1.39. The summed E-state index contributed by atoms with van der Waals surface area (Å²) in [5.74, 6) is -1.09. The van der Waals surface area contributed by atoms with E-state index in [-0.39, 0.29) is 6.54 Å². The third-order valence-corrected chi connectivity index (χ3v) is 5.75. The number of aryl methyl sites for hydroxylation is 1. The first-order chi connectivity index (χ1) is 9.85. The minimum Gasteiger partial charge on any atom is -0.480 e. The summed E-state index contributed by atoms with van der Waals surface area (Å²) in [6.45, 7) is 2.07. The van der Waals surface area contributed by atoms with E-state index in [0.29, 0.717) is 18.5 Å². The molecule has 1 aliphatic rings. The second-order valence-electron chi connectivity index (χ2n) is 5.22. The van der Waals surface area contributed by atoms with E-state index in [2.05, 4.69) is 0 Å². The van der Waals surface area contributed by atoms with Gasteiger partial charge in [-0.25, -0.2) is 0 Å². The zero-order valence-electron chi connectivity index (χ0n) is 12.2. The van der Waals surface area contributed by atoms with Crippen LogP contribution in [0.5, 0.6) is 0 Å². The van der Waals surface area contributed by atoms with Crippen molar-refractivity contribution in [2.45, 2.75) is 32.2 Å². The number of rotatable bonds is 4. The van der Waals surface area contributed by atoms with Gasteiger partial charge in [0.05, 0.1) is 5.69 Å². The number of benzene rings is 1. The van der Waals surface area contributed by atoms with Gasteiger partial charge >= 0.3 is 16.2 Å². The summed E-state index contributed by atoms with van der Waals surface area (Å²) < 4.78 is 27.8. The number of carboxylic acid groups (broad SMARTS) is 1. The third kappa shape index (κ3) is 3.03. The van der Waals surface area contributed by atoms with Crippen molar-refractivity contribution in [3.8, 4) is 0 Å². The lowest BCUT2D eigenvalue weighted by molar-refractivity contribution is -0.142. The predicted octanol–water partition coefficient (Wildman–Crippen LogP) is 1.62. The average Bonchev–Trinajstić information content (AvgIpc) is 2.47. The van der Waals surface area contributed by atoms with Gasteiger partial charge in [0, 0.05) is 13.6 Å². The van der Waals surface area contributed by atoms with Crippen molar-refractivity contribution in [1.82, 2.24) is 4.31 Å². The lowest BCUT2D eigenvalue weighted by atomic mass is 10.1. The van der Waals surface area contributed by atoms with Gasteiger partial charge in [0.25, 0.3) is 0 Å². The van der Waals surface area contributed by atoms with Crippen molar-refractivity contribution >= 4 is 21.9 Å². The summed E-state index contributed by atoms with van der Waals surface area (Å²) in [6, 6.07) is 6.16. The van der Waals surface area contributed by atoms with Gasteiger partial charge < -0.3 is 5.11 Å². The molecule has 0 bridgehead atoms. The number of nitrogens with zero attached hydrogens (tertiary/aromatic N) is 2. The molecule has 1 fully saturated rings. The maximum atomic E-state index is 12.7. The zero-order chi connectivity index (χ0) is 15.6. The first kappa shape index (κ1) is 15.8. The Kier molecular flexibility index (Phi) is 4.53. The van der Waals surface area contributed by atoms with Crippen molar-refractivity contribution in [3.63, 3.8) is 0 Å². The Morgan fingerprint density at radius 2 is 2.00 bits per heavy atom. The number of hydrogen-bond donors (Lipinski definition) is 1. The number of carbonyl (C=O) groups is 1. The van der Waals surface area contributed by atoms with E-state index in [1.165, 1.54) is 11.4 Å². The standard InChI is InChI=1S/C14H20N2O4S/c1-11-7-3-4-8-12(11)15(2)21(19,20)16-10-6-5-9-13(16)14(17)18/h3-4,7-8,13H,5-6,9-10H2,1-2H3,(H,17,18). The van der Waals surface area contributed by atoms with Gasteiger partial charge in [0.15, 0.2) is 0 Å². The lowest BCUT2D eigenvalue weighted by Gasteiger charge is -2.35. The van der Waals surface area contributed by atoms with Crippen molar-refractivity contribution in [2.24, 2.45) is 0 Å². The summed E-state index contributed by atoms with van der Waals surface area (Å²) in [7, 11) is -2.38. The van der Waals surface area contributed by atoms with Crippen molar-refractivity contribution in [2.75, 3.05) is 17.9 Å². The van der Waals surface area contributed by atoms with Crippen LogP contribution in [0.15, 0.2) is 24.3 Å². The SMILES string of the molecule is Cc1ccccc1N(C)S(=O)(=O)N1CCCCC1C(=O)O. The quantitative estimate of drug-likeness (QED) is 0.916. The molecule has 116 valence electrons. The maximum absolute atomic E-state index is 12.7. The van der Waals surface area contributed by atoms with Crippen molar-refractivity contribution < 1.29 is 18.3 Å². The predicted molar refractivity (Wildman–Crippen MR) is 80.5 cm³/mol. The van der Waals surface area contributed by atoms with Crippen LogP contribution in [-0.4, -0.2) is 43.4 Å². The number of piperidine rings is 1. The first-order valence-corrected chi connectivity index (χ1v) is 8.29. The molecule has 1 N–H and O–H groups in total. The fourth-order valence-corrected chi connectivity index (χ4v) is 4.27. The third-order valence-electron chi connectivity index (χ3n) is 3.84. The molecule has 0 radical (unpaired) electrons. The molecule has 0 aromatic heterocycles. The number of carboxylic acids is 1. The maximum Gasteiger partial charge on any atom is 0.322 e. The van der Waals surface area contributed by atoms with E-state index in [0.717, 1.165) is 16.3 Å². The van der Waals surface area contributed by atoms with E-state index >= 15 is 0 Å². The van der Waals surface area contributed by atoms with Crippen LogP contribution in [0.25, 0.3) is 0 Å².